The van der Waals surface area contributed by atoms with Crippen LogP contribution in [0.15, 0.2) is 12.1 Å². The van der Waals surface area contributed by atoms with E-state index in [1.54, 1.807) is 0 Å². The van der Waals surface area contributed by atoms with E-state index in [1.807, 2.05) is 13.8 Å². The van der Waals surface area contributed by atoms with Gasteiger partial charge in [0.1, 0.15) is 0 Å². The average Bonchev–Trinajstić information content (AvgIpc) is 3.00. The van der Waals surface area contributed by atoms with Crippen LogP contribution in [0.2, 0.25) is 0 Å². The first-order valence-corrected chi connectivity index (χ1v) is 7.76. The monoisotopic (exact) mass is 319 g/mol. The first kappa shape index (κ1) is 15.4. The highest BCUT2D eigenvalue weighted by Gasteiger charge is 2.43. The Morgan fingerprint density at radius 2 is 2.00 bits per heavy atom. The Labute approximate surface area is 136 Å². The van der Waals surface area contributed by atoms with Gasteiger partial charge in [-0.3, -0.25) is 5.10 Å². The molecule has 0 amide bonds. The van der Waals surface area contributed by atoms with Gasteiger partial charge in [-0.05, 0) is 58.3 Å². The summed E-state index contributed by atoms with van der Waals surface area (Å²) in [6.45, 7) is 7.65. The molecule has 2 atom stereocenters. The van der Waals surface area contributed by atoms with Gasteiger partial charge >= 0.3 is 0 Å². The van der Waals surface area contributed by atoms with E-state index in [4.69, 9.17) is 0 Å². The molecule has 2 aromatic rings. The minimum absolute atomic E-state index is 0. The number of fused-ring (bicyclic) bond motifs is 2. The minimum atomic E-state index is 0. The van der Waals surface area contributed by atoms with E-state index >= 15 is 0 Å². The Morgan fingerprint density at radius 1 is 1.14 bits per heavy atom. The molecule has 4 heterocycles. The molecule has 4 rings (SSSR count). The molecule has 6 heteroatoms. The third kappa shape index (κ3) is 2.32. The van der Waals surface area contributed by atoms with Crippen LogP contribution >= 0.6 is 12.4 Å². The van der Waals surface area contributed by atoms with Crippen molar-refractivity contribution in [2.75, 3.05) is 19.6 Å². The number of H-pyrrole nitrogens is 1. The van der Waals surface area contributed by atoms with Crippen LogP contribution in [0.3, 0.4) is 0 Å². The average molecular weight is 320 g/mol. The van der Waals surface area contributed by atoms with E-state index in [2.05, 4.69) is 37.4 Å². The SMILES string of the molecule is Cc1n[nH]c(C)c1-c1ccc([C@@]23CCCN(CC2)C3)nn1.Cl. The number of aryl methyl sites for hydroxylation is 2. The molecule has 0 aliphatic carbocycles. The van der Waals surface area contributed by atoms with Crippen molar-refractivity contribution in [2.45, 2.75) is 38.5 Å². The van der Waals surface area contributed by atoms with E-state index in [9.17, 15) is 0 Å². The second kappa shape index (κ2) is 5.63. The summed E-state index contributed by atoms with van der Waals surface area (Å²) in [7, 11) is 0. The molecule has 22 heavy (non-hydrogen) atoms. The van der Waals surface area contributed by atoms with E-state index in [0.717, 1.165) is 29.2 Å². The van der Waals surface area contributed by atoms with Gasteiger partial charge in [0.25, 0.3) is 0 Å². The summed E-state index contributed by atoms with van der Waals surface area (Å²) in [6.07, 6.45) is 3.76. The van der Waals surface area contributed by atoms with Crippen molar-refractivity contribution < 1.29 is 0 Å². The first-order valence-electron chi connectivity index (χ1n) is 7.76. The summed E-state index contributed by atoms with van der Waals surface area (Å²) in [5, 5.41) is 16.3. The number of hydrogen-bond donors (Lipinski definition) is 1. The summed E-state index contributed by atoms with van der Waals surface area (Å²) < 4.78 is 0. The fourth-order valence-corrected chi connectivity index (χ4v) is 4.01. The number of aromatic nitrogens is 4. The lowest BCUT2D eigenvalue weighted by Crippen LogP contribution is -2.37. The van der Waals surface area contributed by atoms with Gasteiger partial charge in [0.15, 0.2) is 0 Å². The minimum Gasteiger partial charge on any atom is -0.302 e. The molecule has 2 fully saturated rings. The highest BCUT2D eigenvalue weighted by molar-refractivity contribution is 5.85. The molecule has 5 nitrogen and oxygen atoms in total. The largest absolute Gasteiger partial charge is 0.302 e. The number of halogens is 1. The van der Waals surface area contributed by atoms with Gasteiger partial charge in [0, 0.05) is 23.2 Å². The zero-order chi connectivity index (χ0) is 14.4. The molecule has 1 unspecified atom stereocenters. The van der Waals surface area contributed by atoms with Crippen molar-refractivity contribution in [1.29, 1.82) is 0 Å². The van der Waals surface area contributed by atoms with Crippen LogP contribution in [0.1, 0.15) is 36.3 Å². The van der Waals surface area contributed by atoms with E-state index in [1.165, 1.54) is 38.0 Å². The van der Waals surface area contributed by atoms with Crippen LogP contribution in [0, 0.1) is 13.8 Å². The van der Waals surface area contributed by atoms with Crippen molar-refractivity contribution in [2.24, 2.45) is 0 Å². The van der Waals surface area contributed by atoms with Gasteiger partial charge in [-0.15, -0.1) is 12.4 Å². The van der Waals surface area contributed by atoms with Gasteiger partial charge in [-0.2, -0.15) is 15.3 Å². The number of nitrogens with zero attached hydrogens (tertiary/aromatic N) is 4. The number of piperidine rings is 1. The molecular formula is C16H22ClN5. The van der Waals surface area contributed by atoms with Gasteiger partial charge in [0.2, 0.25) is 0 Å². The predicted molar refractivity (Wildman–Crippen MR) is 88.3 cm³/mol. The molecule has 2 aliphatic rings. The molecule has 0 radical (unpaired) electrons. The van der Waals surface area contributed by atoms with Crippen LogP contribution in [0.25, 0.3) is 11.3 Å². The van der Waals surface area contributed by atoms with Crippen LogP contribution in [-0.4, -0.2) is 44.9 Å². The molecular weight excluding hydrogens is 298 g/mol. The topological polar surface area (TPSA) is 57.7 Å². The van der Waals surface area contributed by atoms with Gasteiger partial charge in [-0.25, -0.2) is 0 Å². The zero-order valence-corrected chi connectivity index (χ0v) is 13.9. The second-order valence-electron chi connectivity index (χ2n) is 6.52. The van der Waals surface area contributed by atoms with Crippen molar-refractivity contribution in [3.63, 3.8) is 0 Å². The van der Waals surface area contributed by atoms with E-state index in [0.29, 0.717) is 0 Å². The number of rotatable bonds is 2. The molecule has 0 aromatic carbocycles. The van der Waals surface area contributed by atoms with Crippen LogP contribution < -0.4 is 0 Å². The Hall–Kier alpha value is -1.46. The standard InChI is InChI=1S/C16H21N5.ClH/c1-11-15(12(2)18-17-11)13-4-5-14(20-19-13)16-6-3-8-21(10-16)9-7-16;/h4-5H,3,6-10H2,1-2H3,(H,17,18);1H/t16-;/m0./s1. The van der Waals surface area contributed by atoms with Gasteiger partial charge in [0.05, 0.1) is 17.1 Å². The molecule has 2 aliphatic heterocycles. The Balaban J connectivity index is 0.00000144. The normalized spacial score (nSPS) is 26.7. The number of aromatic amines is 1. The molecule has 2 bridgehead atoms. The lowest BCUT2D eigenvalue weighted by atomic mass is 9.78. The highest BCUT2D eigenvalue weighted by atomic mass is 35.5. The maximum Gasteiger partial charge on any atom is 0.0966 e. The number of nitrogens with one attached hydrogen (secondary N) is 1. The second-order valence-corrected chi connectivity index (χ2v) is 6.52. The van der Waals surface area contributed by atoms with Crippen molar-refractivity contribution >= 4 is 12.4 Å². The summed E-state index contributed by atoms with van der Waals surface area (Å²) in [6, 6.07) is 4.29. The van der Waals surface area contributed by atoms with Gasteiger partial charge < -0.3 is 4.90 Å². The maximum absolute atomic E-state index is 4.59. The summed E-state index contributed by atoms with van der Waals surface area (Å²) in [4.78, 5) is 2.56. The smallest absolute Gasteiger partial charge is 0.0966 e. The predicted octanol–water partition coefficient (Wildman–Crippen LogP) is 2.64. The first-order chi connectivity index (χ1) is 10.2. The fourth-order valence-electron chi connectivity index (χ4n) is 4.01. The summed E-state index contributed by atoms with van der Waals surface area (Å²) in [5.41, 5.74) is 5.47. The van der Waals surface area contributed by atoms with Crippen LogP contribution in [0.4, 0.5) is 0 Å². The lowest BCUT2D eigenvalue weighted by Gasteiger charge is -2.33. The molecule has 1 N–H and O–H groups in total. The molecule has 2 aromatic heterocycles. The molecule has 0 spiro atoms. The van der Waals surface area contributed by atoms with E-state index < -0.39 is 0 Å². The third-order valence-electron chi connectivity index (χ3n) is 5.15. The number of hydrogen-bond acceptors (Lipinski definition) is 4. The lowest BCUT2D eigenvalue weighted by molar-refractivity contribution is 0.239. The Morgan fingerprint density at radius 3 is 2.68 bits per heavy atom. The Kier molecular flexibility index (Phi) is 3.95. The highest BCUT2D eigenvalue weighted by Crippen LogP contribution is 2.41. The van der Waals surface area contributed by atoms with Crippen LogP contribution in [-0.2, 0) is 5.41 Å². The maximum atomic E-state index is 4.59. The van der Waals surface area contributed by atoms with Crippen molar-refractivity contribution in [3.8, 4) is 11.3 Å². The van der Waals surface area contributed by atoms with Crippen molar-refractivity contribution in [1.82, 2.24) is 25.3 Å². The van der Waals surface area contributed by atoms with Gasteiger partial charge in [-0.1, -0.05) is 0 Å². The summed E-state index contributed by atoms with van der Waals surface area (Å²) in [5.74, 6) is 0. The van der Waals surface area contributed by atoms with E-state index in [-0.39, 0.29) is 17.8 Å². The summed E-state index contributed by atoms with van der Waals surface area (Å²) >= 11 is 0. The van der Waals surface area contributed by atoms with Crippen LogP contribution in [0.5, 0.6) is 0 Å². The Bertz CT molecular complexity index is 642. The molecule has 0 saturated carbocycles. The molecule has 2 saturated heterocycles. The molecule has 118 valence electrons. The fraction of sp³-hybridized carbons (Fsp3) is 0.562. The van der Waals surface area contributed by atoms with Crippen molar-refractivity contribution in [3.05, 3.63) is 29.2 Å². The zero-order valence-electron chi connectivity index (χ0n) is 13.1. The third-order valence-corrected chi connectivity index (χ3v) is 5.15. The quantitative estimate of drug-likeness (QED) is 0.924.